The molecule has 7 aromatic rings. The fourth-order valence-corrected chi connectivity index (χ4v) is 5.90. The number of fused-ring (bicyclic) bond motifs is 6. The highest BCUT2D eigenvalue weighted by molar-refractivity contribution is 6.14. The van der Waals surface area contributed by atoms with Crippen LogP contribution in [-0.4, -0.2) is 15.8 Å². The fourth-order valence-electron chi connectivity index (χ4n) is 5.90. The first-order chi connectivity index (χ1) is 19.8. The lowest BCUT2D eigenvalue weighted by Crippen LogP contribution is -2.41. The third-order valence-electron chi connectivity index (χ3n) is 8.76. The van der Waals surface area contributed by atoms with Crippen molar-refractivity contribution in [3.05, 3.63) is 109 Å². The fraction of sp³-hybridized carbons (Fsp3) is 0.167. The van der Waals surface area contributed by atoms with E-state index in [-0.39, 0.29) is 0 Å². The van der Waals surface area contributed by atoms with Gasteiger partial charge in [-0.25, -0.2) is 9.68 Å². The average molecular weight is 539 g/mol. The smallest absolute Gasteiger partial charge is 0.137 e. The van der Waals surface area contributed by atoms with E-state index in [0.717, 1.165) is 44.4 Å². The molecule has 5 nitrogen and oxygen atoms in total. The SMILES string of the molecule is CC1(C)ON(c2ccc3c(c2)oc2cc(-c4cccc5c6ccccc6n(-c6ccccc6)c45)ccc23)OC1(C)C. The van der Waals surface area contributed by atoms with Crippen molar-refractivity contribution in [3.8, 4) is 16.8 Å². The van der Waals surface area contributed by atoms with Gasteiger partial charge in [0.25, 0.3) is 0 Å². The molecule has 0 aliphatic carbocycles. The number of furan rings is 1. The number of benzene rings is 5. The molecule has 0 amide bonds. The Morgan fingerprint density at radius 2 is 1.20 bits per heavy atom. The van der Waals surface area contributed by atoms with E-state index < -0.39 is 11.2 Å². The molecule has 0 saturated carbocycles. The molecule has 0 bridgehead atoms. The Labute approximate surface area is 238 Å². The predicted octanol–water partition coefficient (Wildman–Crippen LogP) is 9.59. The predicted molar refractivity (Wildman–Crippen MR) is 166 cm³/mol. The minimum Gasteiger partial charge on any atom is -0.456 e. The van der Waals surface area contributed by atoms with Crippen LogP contribution in [0, 0.1) is 0 Å². The second kappa shape index (κ2) is 8.46. The summed E-state index contributed by atoms with van der Waals surface area (Å²) in [5.74, 6) is 0. The van der Waals surface area contributed by atoms with E-state index in [1.54, 1.807) is 0 Å². The number of hydrogen-bond donors (Lipinski definition) is 0. The van der Waals surface area contributed by atoms with E-state index in [9.17, 15) is 0 Å². The van der Waals surface area contributed by atoms with Gasteiger partial charge >= 0.3 is 0 Å². The molecule has 1 saturated heterocycles. The van der Waals surface area contributed by atoms with Crippen LogP contribution in [0.25, 0.3) is 60.6 Å². The Hall–Kier alpha value is -4.58. The van der Waals surface area contributed by atoms with Crippen molar-refractivity contribution in [3.63, 3.8) is 0 Å². The minimum atomic E-state index is -0.464. The molecule has 0 unspecified atom stereocenters. The van der Waals surface area contributed by atoms with Crippen molar-refractivity contribution in [2.24, 2.45) is 0 Å². The van der Waals surface area contributed by atoms with E-state index in [4.69, 9.17) is 14.1 Å². The summed E-state index contributed by atoms with van der Waals surface area (Å²) in [6.45, 7) is 8.13. The van der Waals surface area contributed by atoms with Gasteiger partial charge in [-0.1, -0.05) is 60.7 Å². The summed E-state index contributed by atoms with van der Waals surface area (Å²) >= 11 is 0. The number of para-hydroxylation sites is 3. The summed E-state index contributed by atoms with van der Waals surface area (Å²) in [6.07, 6.45) is 0. The van der Waals surface area contributed by atoms with Gasteiger partial charge in [0, 0.05) is 38.9 Å². The minimum absolute atomic E-state index is 0.464. The van der Waals surface area contributed by atoms with Crippen molar-refractivity contribution < 1.29 is 14.1 Å². The lowest BCUT2D eigenvalue weighted by atomic mass is 9.90. The molecule has 5 heteroatoms. The maximum Gasteiger partial charge on any atom is 0.137 e. The van der Waals surface area contributed by atoms with Crippen molar-refractivity contribution in [2.45, 2.75) is 38.9 Å². The molecule has 0 spiro atoms. The zero-order valence-corrected chi connectivity index (χ0v) is 23.5. The molecular formula is C36H30N2O3. The highest BCUT2D eigenvalue weighted by atomic mass is 17.0. The summed E-state index contributed by atoms with van der Waals surface area (Å²) < 4.78 is 8.83. The lowest BCUT2D eigenvalue weighted by molar-refractivity contribution is -0.0272. The Morgan fingerprint density at radius 3 is 1.98 bits per heavy atom. The number of nitrogens with zero attached hydrogens (tertiary/aromatic N) is 2. The van der Waals surface area contributed by atoms with Crippen LogP contribution >= 0.6 is 0 Å². The molecule has 1 fully saturated rings. The molecule has 3 heterocycles. The second-order valence-corrected chi connectivity index (χ2v) is 11.8. The van der Waals surface area contributed by atoms with E-state index in [1.165, 1.54) is 27.0 Å². The molecule has 0 N–H and O–H groups in total. The van der Waals surface area contributed by atoms with Gasteiger partial charge in [0.1, 0.15) is 22.4 Å². The third kappa shape index (κ3) is 3.56. The van der Waals surface area contributed by atoms with Crippen LogP contribution < -0.4 is 5.23 Å². The first-order valence-electron chi connectivity index (χ1n) is 14.0. The molecular weight excluding hydrogens is 508 g/mol. The van der Waals surface area contributed by atoms with E-state index in [2.05, 4.69) is 102 Å². The van der Waals surface area contributed by atoms with E-state index in [1.807, 2.05) is 39.8 Å². The highest BCUT2D eigenvalue weighted by Gasteiger charge is 2.50. The normalized spacial score (nSPS) is 16.4. The van der Waals surface area contributed by atoms with Gasteiger partial charge < -0.3 is 8.98 Å². The van der Waals surface area contributed by atoms with Crippen LogP contribution in [0.15, 0.2) is 114 Å². The number of rotatable bonds is 3. The molecule has 0 atom stereocenters. The van der Waals surface area contributed by atoms with Gasteiger partial charge in [-0.3, -0.25) is 0 Å². The zero-order valence-electron chi connectivity index (χ0n) is 23.5. The van der Waals surface area contributed by atoms with Gasteiger partial charge in [0.15, 0.2) is 0 Å². The lowest BCUT2D eigenvalue weighted by Gasteiger charge is -2.26. The Kier molecular flexibility index (Phi) is 5.00. The monoisotopic (exact) mass is 538 g/mol. The van der Waals surface area contributed by atoms with Gasteiger partial charge in [-0.15, -0.1) is 5.23 Å². The quantitative estimate of drug-likeness (QED) is 0.225. The van der Waals surface area contributed by atoms with Gasteiger partial charge in [-0.2, -0.15) is 0 Å². The van der Waals surface area contributed by atoms with Crippen LogP contribution in [0.5, 0.6) is 0 Å². The van der Waals surface area contributed by atoms with E-state index >= 15 is 0 Å². The number of anilines is 1. The van der Waals surface area contributed by atoms with E-state index in [0.29, 0.717) is 0 Å². The Bertz CT molecular complexity index is 2100. The molecule has 5 aromatic carbocycles. The molecule has 2 aromatic heterocycles. The largest absolute Gasteiger partial charge is 0.456 e. The summed E-state index contributed by atoms with van der Waals surface area (Å²) in [7, 11) is 0. The zero-order chi connectivity index (χ0) is 27.9. The topological polar surface area (TPSA) is 39.8 Å². The maximum absolute atomic E-state index is 6.46. The summed E-state index contributed by atoms with van der Waals surface area (Å²) in [5.41, 5.74) is 7.29. The van der Waals surface area contributed by atoms with Gasteiger partial charge in [-0.05, 0) is 75.7 Å². The van der Waals surface area contributed by atoms with Crippen molar-refractivity contribution in [1.82, 2.24) is 4.57 Å². The van der Waals surface area contributed by atoms with Crippen LogP contribution in [-0.2, 0) is 9.68 Å². The molecule has 1 aliphatic rings. The molecule has 8 rings (SSSR count). The second-order valence-electron chi connectivity index (χ2n) is 11.8. The summed E-state index contributed by atoms with van der Waals surface area (Å²) in [5, 5.41) is 6.12. The number of aromatic nitrogens is 1. The Morgan fingerprint density at radius 1 is 0.537 bits per heavy atom. The number of hydrogen-bond acceptors (Lipinski definition) is 4. The van der Waals surface area contributed by atoms with Crippen molar-refractivity contribution in [2.75, 3.05) is 5.23 Å². The third-order valence-corrected chi connectivity index (χ3v) is 8.76. The maximum atomic E-state index is 6.46. The highest BCUT2D eigenvalue weighted by Crippen LogP contribution is 2.43. The average Bonchev–Trinajstić information content (AvgIpc) is 3.58. The molecule has 202 valence electrons. The van der Waals surface area contributed by atoms with Gasteiger partial charge in [0.05, 0.1) is 16.7 Å². The summed E-state index contributed by atoms with van der Waals surface area (Å²) in [4.78, 5) is 12.3. The first kappa shape index (κ1) is 24.2. The van der Waals surface area contributed by atoms with Crippen LogP contribution in [0.4, 0.5) is 5.69 Å². The van der Waals surface area contributed by atoms with Gasteiger partial charge in [0.2, 0.25) is 0 Å². The molecule has 1 aliphatic heterocycles. The standard InChI is InChI=1S/C36H30N2O3/c1-35(2)36(3,4)41-38(40-35)25-18-20-29-28-19-17-23(21-32(28)39-33(29)22-25)26-14-10-15-30-27-13-8-9-16-31(27)37(34(26)30)24-11-6-5-7-12-24/h5-22H,1-4H3. The van der Waals surface area contributed by atoms with Crippen LogP contribution in [0.1, 0.15) is 27.7 Å². The molecule has 41 heavy (non-hydrogen) atoms. The summed E-state index contributed by atoms with van der Waals surface area (Å²) in [6, 6.07) is 38.4. The first-order valence-corrected chi connectivity index (χ1v) is 14.0. The Balaban J connectivity index is 1.29. The van der Waals surface area contributed by atoms with Crippen molar-refractivity contribution >= 4 is 49.4 Å². The van der Waals surface area contributed by atoms with Crippen molar-refractivity contribution in [1.29, 1.82) is 0 Å². The van der Waals surface area contributed by atoms with Crippen LogP contribution in [0.2, 0.25) is 0 Å². The molecule has 0 radical (unpaired) electrons. The van der Waals surface area contributed by atoms with Crippen LogP contribution in [0.3, 0.4) is 0 Å².